The maximum Gasteiger partial charge on any atom is 0.220 e. The van der Waals surface area contributed by atoms with Crippen LogP contribution in [0.2, 0.25) is 0 Å². The summed E-state index contributed by atoms with van der Waals surface area (Å²) in [4.78, 5) is 11.8. The lowest BCUT2D eigenvalue weighted by molar-refractivity contribution is -0.122. The molecule has 0 spiro atoms. The van der Waals surface area contributed by atoms with Crippen LogP contribution in [0, 0.1) is 12.8 Å². The number of hydrogen-bond donors (Lipinski definition) is 1. The Balaban J connectivity index is 1.72. The van der Waals surface area contributed by atoms with Gasteiger partial charge in [-0.05, 0) is 31.2 Å². The minimum absolute atomic E-state index is 0.211. The van der Waals surface area contributed by atoms with Crippen LogP contribution in [-0.2, 0) is 11.3 Å². The second-order valence-corrected chi connectivity index (χ2v) is 5.47. The van der Waals surface area contributed by atoms with Gasteiger partial charge in [-0.2, -0.15) is 0 Å². The zero-order chi connectivity index (χ0) is 12.8. The highest BCUT2D eigenvalue weighted by atomic mass is 16.1. The zero-order valence-electron chi connectivity index (χ0n) is 11.2. The van der Waals surface area contributed by atoms with Gasteiger partial charge in [0.1, 0.15) is 0 Å². The van der Waals surface area contributed by atoms with Gasteiger partial charge in [0.25, 0.3) is 0 Å². The number of carbonyl (C=O) groups is 1. The number of rotatable bonds is 4. The number of hydrogen-bond acceptors (Lipinski definition) is 1. The second kappa shape index (κ2) is 6.58. The SMILES string of the molecule is Cc1ccc(CNC(=O)CC2CCCCC2)cc1. The summed E-state index contributed by atoms with van der Waals surface area (Å²) in [5.74, 6) is 0.833. The van der Waals surface area contributed by atoms with Crippen LogP contribution >= 0.6 is 0 Å². The van der Waals surface area contributed by atoms with E-state index in [4.69, 9.17) is 0 Å². The van der Waals surface area contributed by atoms with Gasteiger partial charge in [-0.25, -0.2) is 0 Å². The standard InChI is InChI=1S/C16H23NO/c1-13-7-9-15(10-8-13)12-17-16(18)11-14-5-3-2-4-6-14/h7-10,14H,2-6,11-12H2,1H3,(H,17,18). The van der Waals surface area contributed by atoms with Gasteiger partial charge < -0.3 is 5.32 Å². The third-order valence-corrected chi connectivity index (χ3v) is 3.81. The van der Waals surface area contributed by atoms with Crippen molar-refractivity contribution in [3.05, 3.63) is 35.4 Å². The molecule has 0 aliphatic heterocycles. The fourth-order valence-electron chi connectivity index (χ4n) is 2.63. The number of carbonyl (C=O) groups excluding carboxylic acids is 1. The van der Waals surface area contributed by atoms with Gasteiger partial charge in [-0.3, -0.25) is 4.79 Å². The van der Waals surface area contributed by atoms with E-state index in [9.17, 15) is 4.79 Å². The van der Waals surface area contributed by atoms with Gasteiger partial charge in [0, 0.05) is 13.0 Å². The fraction of sp³-hybridized carbons (Fsp3) is 0.562. The van der Waals surface area contributed by atoms with E-state index in [2.05, 4.69) is 36.5 Å². The summed E-state index contributed by atoms with van der Waals surface area (Å²) in [5.41, 5.74) is 2.44. The molecule has 98 valence electrons. The van der Waals surface area contributed by atoms with Crippen molar-refractivity contribution in [1.29, 1.82) is 0 Å². The number of benzene rings is 1. The van der Waals surface area contributed by atoms with E-state index >= 15 is 0 Å². The predicted octanol–water partition coefficient (Wildman–Crippen LogP) is 3.58. The molecule has 18 heavy (non-hydrogen) atoms. The van der Waals surface area contributed by atoms with Crippen molar-refractivity contribution in [3.63, 3.8) is 0 Å². The Morgan fingerprint density at radius 3 is 2.50 bits per heavy atom. The summed E-state index contributed by atoms with van der Waals surface area (Å²) in [7, 11) is 0. The minimum atomic E-state index is 0.211. The van der Waals surface area contributed by atoms with Crippen molar-refractivity contribution in [2.24, 2.45) is 5.92 Å². The van der Waals surface area contributed by atoms with Crippen LogP contribution in [0.4, 0.5) is 0 Å². The summed E-state index contributed by atoms with van der Waals surface area (Å²) in [6.45, 7) is 2.73. The average molecular weight is 245 g/mol. The van der Waals surface area contributed by atoms with E-state index in [0.29, 0.717) is 18.9 Å². The van der Waals surface area contributed by atoms with Gasteiger partial charge in [0.2, 0.25) is 5.91 Å². The molecule has 1 aliphatic rings. The van der Waals surface area contributed by atoms with Crippen LogP contribution < -0.4 is 5.32 Å². The van der Waals surface area contributed by atoms with E-state index in [1.807, 2.05) is 0 Å². The Morgan fingerprint density at radius 1 is 1.17 bits per heavy atom. The molecule has 0 atom stereocenters. The van der Waals surface area contributed by atoms with Gasteiger partial charge in [0.15, 0.2) is 0 Å². The highest BCUT2D eigenvalue weighted by molar-refractivity contribution is 5.76. The predicted molar refractivity (Wildman–Crippen MR) is 74.2 cm³/mol. The van der Waals surface area contributed by atoms with Crippen molar-refractivity contribution in [1.82, 2.24) is 5.32 Å². The molecule has 1 N–H and O–H groups in total. The first-order chi connectivity index (χ1) is 8.74. The molecule has 0 radical (unpaired) electrons. The number of amides is 1. The summed E-state index contributed by atoms with van der Waals surface area (Å²) in [5, 5.41) is 3.03. The van der Waals surface area contributed by atoms with Gasteiger partial charge in [-0.15, -0.1) is 0 Å². The van der Waals surface area contributed by atoms with Crippen LogP contribution in [0.15, 0.2) is 24.3 Å². The average Bonchev–Trinajstić information content (AvgIpc) is 2.39. The zero-order valence-corrected chi connectivity index (χ0v) is 11.2. The quantitative estimate of drug-likeness (QED) is 0.863. The largest absolute Gasteiger partial charge is 0.352 e. The Hall–Kier alpha value is -1.31. The van der Waals surface area contributed by atoms with E-state index in [1.54, 1.807) is 0 Å². The van der Waals surface area contributed by atoms with Crippen molar-refractivity contribution >= 4 is 5.91 Å². The summed E-state index contributed by atoms with van der Waals surface area (Å²) in [6.07, 6.45) is 7.13. The Kier molecular flexibility index (Phi) is 4.80. The molecular weight excluding hydrogens is 222 g/mol. The monoisotopic (exact) mass is 245 g/mol. The van der Waals surface area contributed by atoms with E-state index < -0.39 is 0 Å². The smallest absolute Gasteiger partial charge is 0.220 e. The first-order valence-corrected chi connectivity index (χ1v) is 7.06. The minimum Gasteiger partial charge on any atom is -0.352 e. The molecule has 0 aromatic heterocycles. The summed E-state index contributed by atoms with van der Waals surface area (Å²) in [6, 6.07) is 8.33. The van der Waals surface area contributed by atoms with E-state index in [-0.39, 0.29) is 5.91 Å². The molecule has 1 aromatic carbocycles. The summed E-state index contributed by atoms with van der Waals surface area (Å²) < 4.78 is 0. The van der Waals surface area contributed by atoms with E-state index in [1.165, 1.54) is 43.2 Å². The van der Waals surface area contributed by atoms with Gasteiger partial charge in [-0.1, -0.05) is 49.1 Å². The first-order valence-electron chi connectivity index (χ1n) is 7.06. The van der Waals surface area contributed by atoms with Crippen LogP contribution in [0.25, 0.3) is 0 Å². The number of aryl methyl sites for hydroxylation is 1. The van der Waals surface area contributed by atoms with Crippen LogP contribution in [0.3, 0.4) is 0 Å². The maximum absolute atomic E-state index is 11.8. The Labute approximate surface area is 110 Å². The lowest BCUT2D eigenvalue weighted by atomic mass is 9.87. The Morgan fingerprint density at radius 2 is 1.83 bits per heavy atom. The molecule has 1 aromatic rings. The van der Waals surface area contributed by atoms with E-state index in [0.717, 1.165) is 0 Å². The molecule has 1 saturated carbocycles. The molecule has 2 rings (SSSR count). The molecule has 1 fully saturated rings. The molecule has 0 unspecified atom stereocenters. The second-order valence-electron chi connectivity index (χ2n) is 5.47. The van der Waals surface area contributed by atoms with Crippen LogP contribution in [0.1, 0.15) is 49.7 Å². The maximum atomic E-state index is 11.8. The van der Waals surface area contributed by atoms with Gasteiger partial charge >= 0.3 is 0 Å². The van der Waals surface area contributed by atoms with Crippen molar-refractivity contribution in [2.75, 3.05) is 0 Å². The molecular formula is C16H23NO. The molecule has 0 saturated heterocycles. The van der Waals surface area contributed by atoms with Crippen molar-refractivity contribution < 1.29 is 4.79 Å². The van der Waals surface area contributed by atoms with Crippen molar-refractivity contribution in [3.8, 4) is 0 Å². The highest BCUT2D eigenvalue weighted by Gasteiger charge is 2.16. The van der Waals surface area contributed by atoms with Crippen molar-refractivity contribution in [2.45, 2.75) is 52.0 Å². The fourth-order valence-corrected chi connectivity index (χ4v) is 2.63. The highest BCUT2D eigenvalue weighted by Crippen LogP contribution is 2.26. The van der Waals surface area contributed by atoms with Crippen LogP contribution in [-0.4, -0.2) is 5.91 Å². The lowest BCUT2D eigenvalue weighted by Gasteiger charge is -2.20. The molecule has 2 heteroatoms. The first kappa shape index (κ1) is 13.1. The van der Waals surface area contributed by atoms with Gasteiger partial charge in [0.05, 0.1) is 0 Å². The molecule has 1 amide bonds. The van der Waals surface area contributed by atoms with Crippen LogP contribution in [0.5, 0.6) is 0 Å². The molecule has 1 aliphatic carbocycles. The third kappa shape index (κ3) is 4.17. The Bertz CT molecular complexity index is 377. The third-order valence-electron chi connectivity index (χ3n) is 3.81. The normalized spacial score (nSPS) is 16.5. The molecule has 0 bridgehead atoms. The molecule has 0 heterocycles. The molecule has 2 nitrogen and oxygen atoms in total. The summed E-state index contributed by atoms with van der Waals surface area (Å²) >= 11 is 0. The lowest BCUT2D eigenvalue weighted by Crippen LogP contribution is -2.25. The topological polar surface area (TPSA) is 29.1 Å². The number of nitrogens with one attached hydrogen (secondary N) is 1.